The Kier molecular flexibility index (Phi) is 10.3. The molecule has 0 unspecified atom stereocenters. The zero-order chi connectivity index (χ0) is 29.4. The Morgan fingerprint density at radius 2 is 1.60 bits per heavy atom. The van der Waals surface area contributed by atoms with E-state index in [1.807, 2.05) is 52.0 Å². The first-order valence-electron chi connectivity index (χ1n) is 13.4. The van der Waals surface area contributed by atoms with Gasteiger partial charge in [-0.15, -0.1) is 0 Å². The van der Waals surface area contributed by atoms with Crippen molar-refractivity contribution >= 4 is 27.5 Å². The number of nitrogens with one attached hydrogen (secondary N) is 1. The van der Waals surface area contributed by atoms with Crippen molar-refractivity contribution < 1.29 is 22.7 Å². The summed E-state index contributed by atoms with van der Waals surface area (Å²) in [7, 11) is -2.53. The van der Waals surface area contributed by atoms with Gasteiger partial charge in [0.25, 0.3) is 10.0 Å². The molecule has 214 valence electrons. The largest absolute Gasteiger partial charge is 0.497 e. The molecule has 3 aromatic carbocycles. The van der Waals surface area contributed by atoms with Crippen LogP contribution >= 0.6 is 0 Å². The second-order valence-electron chi connectivity index (χ2n) is 9.98. The molecule has 3 rings (SSSR count). The third-order valence-electron chi connectivity index (χ3n) is 6.91. The van der Waals surface area contributed by atoms with Crippen LogP contribution in [0.3, 0.4) is 0 Å². The summed E-state index contributed by atoms with van der Waals surface area (Å²) in [5.74, 6) is -0.138. The average molecular weight is 566 g/mol. The Balaban J connectivity index is 2.04. The Morgan fingerprint density at radius 1 is 0.950 bits per heavy atom. The van der Waals surface area contributed by atoms with Gasteiger partial charge in [0.15, 0.2) is 0 Å². The first kappa shape index (κ1) is 30.7. The number of aryl methyl sites for hydroxylation is 2. The number of hydrogen-bond donors (Lipinski definition) is 1. The van der Waals surface area contributed by atoms with E-state index < -0.39 is 28.5 Å². The lowest BCUT2D eigenvalue weighted by atomic mass is 10.1. The van der Waals surface area contributed by atoms with E-state index >= 15 is 0 Å². The zero-order valence-electron chi connectivity index (χ0n) is 24.0. The van der Waals surface area contributed by atoms with Crippen molar-refractivity contribution in [1.82, 2.24) is 10.2 Å². The maximum absolute atomic E-state index is 14.0. The number of anilines is 1. The molecule has 2 amide bonds. The lowest BCUT2D eigenvalue weighted by Crippen LogP contribution is -2.52. The second kappa shape index (κ2) is 13.5. The molecule has 0 bridgehead atoms. The highest BCUT2D eigenvalue weighted by Gasteiger charge is 2.33. The smallest absolute Gasteiger partial charge is 0.264 e. The molecule has 2 atom stereocenters. The molecule has 40 heavy (non-hydrogen) atoms. The fourth-order valence-electron chi connectivity index (χ4n) is 4.29. The van der Waals surface area contributed by atoms with Crippen LogP contribution in [-0.2, 0) is 26.2 Å². The topological polar surface area (TPSA) is 96.0 Å². The minimum absolute atomic E-state index is 0.0712. The summed E-state index contributed by atoms with van der Waals surface area (Å²) in [6, 6.07) is 19.7. The maximum Gasteiger partial charge on any atom is 0.264 e. The summed E-state index contributed by atoms with van der Waals surface area (Å²) in [5, 5.41) is 2.94. The number of benzene rings is 3. The summed E-state index contributed by atoms with van der Waals surface area (Å²) in [4.78, 5) is 28.7. The lowest BCUT2D eigenvalue weighted by molar-refractivity contribution is -0.139. The molecule has 1 N–H and O–H groups in total. The molecule has 0 aromatic heterocycles. The molecule has 0 heterocycles. The monoisotopic (exact) mass is 565 g/mol. The summed E-state index contributed by atoms with van der Waals surface area (Å²) in [6.07, 6.45) is 0.737. The third-order valence-corrected chi connectivity index (χ3v) is 8.69. The van der Waals surface area contributed by atoms with E-state index in [1.165, 1.54) is 17.0 Å². The molecule has 0 saturated carbocycles. The molecule has 0 radical (unpaired) electrons. The Hall–Kier alpha value is -3.85. The van der Waals surface area contributed by atoms with Gasteiger partial charge in [0.05, 0.1) is 17.7 Å². The Morgan fingerprint density at radius 3 is 2.17 bits per heavy atom. The van der Waals surface area contributed by atoms with Gasteiger partial charge in [-0.3, -0.25) is 13.9 Å². The average Bonchev–Trinajstić information content (AvgIpc) is 2.95. The van der Waals surface area contributed by atoms with Crippen molar-refractivity contribution in [3.8, 4) is 5.75 Å². The molecule has 8 nitrogen and oxygen atoms in total. The number of amides is 2. The molecule has 9 heteroatoms. The number of nitrogens with zero attached hydrogens (tertiary/aromatic N) is 2. The van der Waals surface area contributed by atoms with Crippen LogP contribution in [0.5, 0.6) is 5.75 Å². The summed E-state index contributed by atoms with van der Waals surface area (Å²) >= 11 is 0. The number of ether oxygens (including phenoxy) is 1. The molecule has 0 saturated heterocycles. The van der Waals surface area contributed by atoms with Crippen LogP contribution in [-0.4, -0.2) is 50.9 Å². The van der Waals surface area contributed by atoms with Crippen molar-refractivity contribution in [2.75, 3.05) is 18.0 Å². The second-order valence-corrected chi connectivity index (χ2v) is 11.8. The van der Waals surface area contributed by atoms with Crippen LogP contribution in [0.4, 0.5) is 5.69 Å². The van der Waals surface area contributed by atoms with Crippen molar-refractivity contribution in [2.24, 2.45) is 0 Å². The number of carbonyl (C=O) groups excluding carboxylic acids is 2. The highest BCUT2D eigenvalue weighted by molar-refractivity contribution is 7.92. The summed E-state index contributed by atoms with van der Waals surface area (Å²) in [5.41, 5.74) is 2.88. The van der Waals surface area contributed by atoms with E-state index in [0.717, 1.165) is 27.4 Å². The highest BCUT2D eigenvalue weighted by Crippen LogP contribution is 2.28. The van der Waals surface area contributed by atoms with Gasteiger partial charge in [0, 0.05) is 12.6 Å². The van der Waals surface area contributed by atoms with Crippen molar-refractivity contribution in [2.45, 2.75) is 64.6 Å². The minimum Gasteiger partial charge on any atom is -0.497 e. The van der Waals surface area contributed by atoms with Gasteiger partial charge in [-0.2, -0.15) is 0 Å². The number of carbonyl (C=O) groups is 2. The van der Waals surface area contributed by atoms with E-state index in [2.05, 4.69) is 5.32 Å². The number of rotatable bonds is 12. The number of hydrogen-bond acceptors (Lipinski definition) is 5. The molecule has 0 aliphatic carbocycles. The Bertz CT molecular complexity index is 1410. The van der Waals surface area contributed by atoms with Gasteiger partial charge in [0.1, 0.15) is 18.3 Å². The number of methoxy groups -OCH3 is 1. The van der Waals surface area contributed by atoms with Crippen LogP contribution in [0.1, 0.15) is 43.9 Å². The highest BCUT2D eigenvalue weighted by atomic mass is 32.2. The van der Waals surface area contributed by atoms with E-state index in [4.69, 9.17) is 4.74 Å². The zero-order valence-corrected chi connectivity index (χ0v) is 24.9. The standard InChI is InChI=1S/C31H39N3O5S/c1-7-24(4)32-31(36)25(5)33(20-26-14-16-27(39-6)17-15-26)30(35)21-34(29-18-13-22(2)19-23(29)3)40(37,38)28-11-9-8-10-12-28/h8-19,24-25H,7,20-21H2,1-6H3,(H,32,36)/t24-,25-/m0/s1. The quantitative estimate of drug-likeness (QED) is 0.339. The fourth-order valence-corrected chi connectivity index (χ4v) is 5.79. The van der Waals surface area contributed by atoms with E-state index in [0.29, 0.717) is 11.4 Å². The molecule has 0 aliphatic heterocycles. The van der Waals surface area contributed by atoms with Crippen molar-refractivity contribution in [3.63, 3.8) is 0 Å². The van der Waals surface area contributed by atoms with Gasteiger partial charge < -0.3 is 15.0 Å². The van der Waals surface area contributed by atoms with Crippen LogP contribution in [0.25, 0.3) is 0 Å². The van der Waals surface area contributed by atoms with E-state index in [-0.39, 0.29) is 23.4 Å². The van der Waals surface area contributed by atoms with Gasteiger partial charge in [-0.1, -0.05) is 55.0 Å². The maximum atomic E-state index is 14.0. The molecule has 3 aromatic rings. The molecule has 0 spiro atoms. The van der Waals surface area contributed by atoms with Crippen LogP contribution in [0.15, 0.2) is 77.7 Å². The molecular weight excluding hydrogens is 526 g/mol. The van der Waals surface area contributed by atoms with E-state index in [1.54, 1.807) is 50.4 Å². The van der Waals surface area contributed by atoms with Crippen LogP contribution in [0, 0.1) is 13.8 Å². The van der Waals surface area contributed by atoms with Crippen molar-refractivity contribution in [3.05, 3.63) is 89.5 Å². The summed E-state index contributed by atoms with van der Waals surface area (Å²) in [6.45, 7) is 8.90. The first-order chi connectivity index (χ1) is 19.0. The molecular formula is C31H39N3O5S. The number of sulfonamides is 1. The summed E-state index contributed by atoms with van der Waals surface area (Å²) < 4.78 is 34.2. The van der Waals surface area contributed by atoms with Gasteiger partial charge in [-0.05, 0) is 75.6 Å². The van der Waals surface area contributed by atoms with Gasteiger partial charge in [-0.25, -0.2) is 8.42 Å². The van der Waals surface area contributed by atoms with Crippen molar-refractivity contribution in [1.29, 1.82) is 0 Å². The Labute approximate surface area is 238 Å². The predicted octanol–water partition coefficient (Wildman–Crippen LogP) is 4.84. The van der Waals surface area contributed by atoms with Crippen LogP contribution in [0.2, 0.25) is 0 Å². The normalized spacial score (nSPS) is 12.8. The molecule has 0 aliphatic rings. The first-order valence-corrected chi connectivity index (χ1v) is 14.8. The minimum atomic E-state index is -4.10. The predicted molar refractivity (Wildman–Crippen MR) is 158 cm³/mol. The van der Waals surface area contributed by atoms with E-state index in [9.17, 15) is 18.0 Å². The molecule has 0 fully saturated rings. The third kappa shape index (κ3) is 7.41. The lowest BCUT2D eigenvalue weighted by Gasteiger charge is -2.33. The van der Waals surface area contributed by atoms with Gasteiger partial charge in [0.2, 0.25) is 11.8 Å². The van der Waals surface area contributed by atoms with Gasteiger partial charge >= 0.3 is 0 Å². The van der Waals surface area contributed by atoms with Crippen LogP contribution < -0.4 is 14.4 Å². The fraction of sp³-hybridized carbons (Fsp3) is 0.355. The SMILES string of the molecule is CC[C@H](C)NC(=O)[C@H](C)N(Cc1ccc(OC)cc1)C(=O)CN(c1ccc(C)cc1C)S(=O)(=O)c1ccccc1.